The number of carbonyl (C=O) groups excluding carboxylic acids is 1. The second kappa shape index (κ2) is 2.39. The van der Waals surface area contributed by atoms with Crippen LogP contribution in [0.5, 0.6) is 0 Å². The maximum atomic E-state index is 10.9. The lowest BCUT2D eigenvalue weighted by molar-refractivity contribution is 0.240. The molecule has 0 fully saturated rings. The third kappa shape index (κ3) is 1.40. The minimum atomic E-state index is -3.63. The minimum Gasteiger partial charge on any atom is -0.350 e. The molecule has 1 aliphatic rings. The fourth-order valence-corrected chi connectivity index (χ4v) is 1.53. The smallest absolute Gasteiger partial charge is 0.332 e. The molecule has 11 heavy (non-hydrogen) atoms. The monoisotopic (exact) mass is 174 g/mol. The molecule has 1 heterocycles. The fraction of sp³-hybridized carbons (Fsp3) is 0. The quantitative estimate of drug-likeness (QED) is 0.549. The topological polar surface area (TPSA) is 80.5 Å². The number of amides is 2. The molecule has 0 aromatic rings. The van der Waals surface area contributed by atoms with Crippen molar-refractivity contribution in [1.29, 1.82) is 0 Å². The highest BCUT2D eigenvalue weighted by Gasteiger charge is 2.21. The number of primary amides is 1. The van der Waals surface area contributed by atoms with Crippen LogP contribution >= 0.6 is 0 Å². The molecule has 0 bridgehead atoms. The Balaban J connectivity index is 3.09. The van der Waals surface area contributed by atoms with Crippen molar-refractivity contribution in [1.82, 2.24) is 4.31 Å². The molecule has 0 aromatic heterocycles. The first-order chi connectivity index (χ1) is 5.04. The molecule has 1 rings (SSSR count). The maximum Gasteiger partial charge on any atom is 0.332 e. The van der Waals surface area contributed by atoms with Gasteiger partial charge in [-0.15, -0.1) is 0 Å². The number of carbonyl (C=O) groups is 1. The molecule has 6 heteroatoms. The summed E-state index contributed by atoms with van der Waals surface area (Å²) in [6, 6.07) is -1.01. The third-order valence-corrected chi connectivity index (χ3v) is 2.43. The maximum absolute atomic E-state index is 10.9. The summed E-state index contributed by atoms with van der Waals surface area (Å²) in [5.41, 5.74) is 4.77. The predicted molar refractivity (Wildman–Crippen MR) is 38.6 cm³/mol. The highest BCUT2D eigenvalue weighted by molar-refractivity contribution is 7.92. The van der Waals surface area contributed by atoms with Crippen LogP contribution in [0.25, 0.3) is 0 Å². The predicted octanol–water partition coefficient (Wildman–Crippen LogP) is -0.262. The molecule has 0 radical (unpaired) electrons. The van der Waals surface area contributed by atoms with Crippen molar-refractivity contribution in [2.24, 2.45) is 5.73 Å². The summed E-state index contributed by atoms with van der Waals surface area (Å²) in [5, 5.41) is 0.901. The summed E-state index contributed by atoms with van der Waals surface area (Å²) in [6.07, 6.45) is 3.82. The summed E-state index contributed by atoms with van der Waals surface area (Å²) < 4.78 is 22.3. The van der Waals surface area contributed by atoms with Gasteiger partial charge in [0.1, 0.15) is 0 Å². The number of sulfonamides is 1. The van der Waals surface area contributed by atoms with Gasteiger partial charge in [-0.05, 0) is 12.2 Å². The molecule has 2 amide bonds. The lowest BCUT2D eigenvalue weighted by Gasteiger charge is -2.14. The van der Waals surface area contributed by atoms with Gasteiger partial charge < -0.3 is 5.73 Å². The summed E-state index contributed by atoms with van der Waals surface area (Å²) >= 11 is 0. The van der Waals surface area contributed by atoms with Gasteiger partial charge in [-0.3, -0.25) is 0 Å². The zero-order valence-electron chi connectivity index (χ0n) is 5.47. The van der Waals surface area contributed by atoms with Crippen LogP contribution in [0.15, 0.2) is 23.8 Å². The first kappa shape index (κ1) is 7.80. The van der Waals surface area contributed by atoms with Gasteiger partial charge >= 0.3 is 6.03 Å². The Morgan fingerprint density at radius 3 is 2.36 bits per heavy atom. The first-order valence-corrected chi connectivity index (χ1v) is 4.23. The zero-order chi connectivity index (χ0) is 8.48. The van der Waals surface area contributed by atoms with E-state index in [1.165, 1.54) is 12.2 Å². The largest absolute Gasteiger partial charge is 0.350 e. The first-order valence-electron chi connectivity index (χ1n) is 2.73. The number of hydrogen-bond acceptors (Lipinski definition) is 3. The van der Waals surface area contributed by atoms with E-state index in [4.69, 9.17) is 5.73 Å². The van der Waals surface area contributed by atoms with Crippen molar-refractivity contribution in [3.05, 3.63) is 23.8 Å². The van der Waals surface area contributed by atoms with Gasteiger partial charge in [0.25, 0.3) is 10.0 Å². The Kier molecular flexibility index (Phi) is 1.69. The van der Waals surface area contributed by atoms with Crippen molar-refractivity contribution in [3.8, 4) is 0 Å². The molecule has 60 valence electrons. The number of urea groups is 1. The molecule has 2 N–H and O–H groups in total. The normalized spacial score (nSPS) is 20.2. The van der Waals surface area contributed by atoms with E-state index in [9.17, 15) is 13.2 Å². The SMILES string of the molecule is NC(=O)N1C=CC=CS1(=O)=O. The second-order valence-electron chi connectivity index (χ2n) is 1.85. The number of nitrogens with zero attached hydrogens (tertiary/aromatic N) is 1. The standard InChI is InChI=1S/C5H6N2O3S/c6-5(8)7-3-1-2-4-11(7,9)10/h1-4H,(H2,6,8). The van der Waals surface area contributed by atoms with Crippen molar-refractivity contribution in [3.63, 3.8) is 0 Å². The molecule has 0 atom stereocenters. The Hall–Kier alpha value is -1.30. The van der Waals surface area contributed by atoms with Crippen molar-refractivity contribution in [2.75, 3.05) is 0 Å². The number of allylic oxidation sites excluding steroid dienone is 2. The molecule has 1 aliphatic heterocycles. The molecule has 0 aromatic carbocycles. The molecule has 5 nitrogen and oxygen atoms in total. The van der Waals surface area contributed by atoms with Gasteiger partial charge in [0, 0.05) is 6.20 Å². The van der Waals surface area contributed by atoms with E-state index >= 15 is 0 Å². The van der Waals surface area contributed by atoms with E-state index in [0.29, 0.717) is 4.31 Å². The van der Waals surface area contributed by atoms with Crippen molar-refractivity contribution < 1.29 is 13.2 Å². The van der Waals surface area contributed by atoms with E-state index in [1.54, 1.807) is 0 Å². The van der Waals surface area contributed by atoms with Crippen LogP contribution in [0, 0.1) is 0 Å². The Morgan fingerprint density at radius 2 is 2.00 bits per heavy atom. The van der Waals surface area contributed by atoms with Crippen LogP contribution in [-0.2, 0) is 10.0 Å². The van der Waals surface area contributed by atoms with Crippen LogP contribution in [0.3, 0.4) is 0 Å². The zero-order valence-corrected chi connectivity index (χ0v) is 6.28. The molecular weight excluding hydrogens is 168 g/mol. The van der Waals surface area contributed by atoms with Gasteiger partial charge in [0.2, 0.25) is 0 Å². The second-order valence-corrected chi connectivity index (χ2v) is 3.54. The van der Waals surface area contributed by atoms with E-state index in [0.717, 1.165) is 11.6 Å². The Bertz CT molecular complexity index is 328. The highest BCUT2D eigenvalue weighted by atomic mass is 32.2. The minimum absolute atomic E-state index is 0.465. The molecule has 0 aliphatic carbocycles. The molecule has 0 saturated heterocycles. The summed E-state index contributed by atoms with van der Waals surface area (Å²) in [5.74, 6) is 0. The van der Waals surface area contributed by atoms with E-state index in [1.807, 2.05) is 0 Å². The molecule has 0 saturated carbocycles. The number of hydrogen-bond donors (Lipinski definition) is 1. The number of nitrogens with two attached hydrogens (primary N) is 1. The van der Waals surface area contributed by atoms with Gasteiger partial charge in [0.05, 0.1) is 5.41 Å². The van der Waals surface area contributed by atoms with Gasteiger partial charge in [-0.2, -0.15) is 4.31 Å². The average molecular weight is 174 g/mol. The van der Waals surface area contributed by atoms with Gasteiger partial charge in [-0.25, -0.2) is 13.2 Å². The highest BCUT2D eigenvalue weighted by Crippen LogP contribution is 2.08. The van der Waals surface area contributed by atoms with Crippen LogP contribution < -0.4 is 5.73 Å². The summed E-state index contributed by atoms with van der Waals surface area (Å²) in [7, 11) is -3.63. The molecule has 0 unspecified atom stereocenters. The van der Waals surface area contributed by atoms with Crippen LogP contribution in [0.2, 0.25) is 0 Å². The summed E-state index contributed by atoms with van der Waals surface area (Å²) in [6.45, 7) is 0. The van der Waals surface area contributed by atoms with Crippen molar-refractivity contribution >= 4 is 16.1 Å². The van der Waals surface area contributed by atoms with Gasteiger partial charge in [0.15, 0.2) is 0 Å². The Labute approximate surface area is 63.8 Å². The lowest BCUT2D eigenvalue weighted by atomic mass is 10.6. The third-order valence-electron chi connectivity index (χ3n) is 1.07. The molecular formula is C5H6N2O3S. The van der Waals surface area contributed by atoms with Crippen LogP contribution in [0.4, 0.5) is 4.79 Å². The van der Waals surface area contributed by atoms with Crippen LogP contribution in [-0.4, -0.2) is 18.8 Å². The van der Waals surface area contributed by atoms with E-state index in [2.05, 4.69) is 0 Å². The van der Waals surface area contributed by atoms with E-state index in [-0.39, 0.29) is 0 Å². The van der Waals surface area contributed by atoms with Crippen LogP contribution in [0.1, 0.15) is 0 Å². The van der Waals surface area contributed by atoms with E-state index < -0.39 is 16.1 Å². The average Bonchev–Trinajstić information content (AvgIpc) is 1.85. The van der Waals surface area contributed by atoms with Crippen molar-refractivity contribution in [2.45, 2.75) is 0 Å². The number of rotatable bonds is 0. The fourth-order valence-electron chi connectivity index (χ4n) is 0.622. The summed E-state index contributed by atoms with van der Waals surface area (Å²) in [4.78, 5) is 10.5. The molecule has 0 spiro atoms. The Morgan fingerprint density at radius 1 is 1.36 bits per heavy atom. The van der Waals surface area contributed by atoms with Gasteiger partial charge in [-0.1, -0.05) is 0 Å². The lowest BCUT2D eigenvalue weighted by Crippen LogP contribution is -2.35.